The lowest BCUT2D eigenvalue weighted by Crippen LogP contribution is -2.64. The van der Waals surface area contributed by atoms with E-state index in [0.29, 0.717) is 25.8 Å². The van der Waals surface area contributed by atoms with Gasteiger partial charge in [0.25, 0.3) is 5.91 Å². The van der Waals surface area contributed by atoms with E-state index in [4.69, 9.17) is 0 Å². The Morgan fingerprint density at radius 1 is 0.959 bits per heavy atom. The van der Waals surface area contributed by atoms with Crippen LogP contribution in [-0.2, 0) is 29.0 Å². The molecule has 49 heavy (non-hydrogen) atoms. The van der Waals surface area contributed by atoms with Crippen molar-refractivity contribution in [1.29, 1.82) is 0 Å². The molecule has 0 aromatic heterocycles. The SMILES string of the molecule is C=CCNC(=O)C(=O)C(CC1CC1)NC(=O)[C@@H]1C2C(CN1C(=O)[C@@H](NC(=O)NC1(CS(=O)(=O)C(C)(C)C)CCCCC1)C(C)(C)C)C2(C)C. The van der Waals surface area contributed by atoms with Crippen LogP contribution >= 0.6 is 0 Å². The Balaban J connectivity index is 1.55. The maximum absolute atomic E-state index is 14.5. The fourth-order valence-electron chi connectivity index (χ4n) is 7.74. The van der Waals surface area contributed by atoms with Crippen molar-refractivity contribution in [2.45, 2.75) is 135 Å². The number of nitrogens with zero attached hydrogens (tertiary/aromatic N) is 1. The van der Waals surface area contributed by atoms with Crippen molar-refractivity contribution >= 4 is 39.4 Å². The minimum Gasteiger partial charge on any atom is -0.346 e. The van der Waals surface area contributed by atoms with E-state index in [1.807, 2.05) is 20.8 Å². The third kappa shape index (κ3) is 8.68. The zero-order valence-electron chi connectivity index (χ0n) is 30.7. The van der Waals surface area contributed by atoms with Gasteiger partial charge in [-0.25, -0.2) is 13.2 Å². The highest BCUT2D eigenvalue weighted by atomic mass is 32.2. The summed E-state index contributed by atoms with van der Waals surface area (Å²) in [5.41, 5.74) is -1.92. The second-order valence-corrected chi connectivity index (χ2v) is 20.3. The Kier molecular flexibility index (Phi) is 11.1. The lowest BCUT2D eigenvalue weighted by Gasteiger charge is -2.41. The van der Waals surface area contributed by atoms with Crippen molar-refractivity contribution in [3.05, 3.63) is 12.7 Å². The molecule has 1 heterocycles. The van der Waals surface area contributed by atoms with Crippen LogP contribution in [0, 0.1) is 28.6 Å². The summed E-state index contributed by atoms with van der Waals surface area (Å²) in [5, 5.41) is 11.2. The number of Topliss-reactive ketones (excluding diaryl/α,β-unsaturated/α-hetero) is 1. The molecule has 0 spiro atoms. The summed E-state index contributed by atoms with van der Waals surface area (Å²) in [7, 11) is -3.56. The summed E-state index contributed by atoms with van der Waals surface area (Å²) >= 11 is 0. The first-order chi connectivity index (χ1) is 22.5. The van der Waals surface area contributed by atoms with Crippen LogP contribution in [0.5, 0.6) is 0 Å². The summed E-state index contributed by atoms with van der Waals surface area (Å²) in [6, 6.07) is -3.54. The number of hydrogen-bond acceptors (Lipinski definition) is 7. The molecule has 4 aliphatic rings. The molecule has 1 saturated heterocycles. The number of nitrogens with one attached hydrogen (secondary N) is 4. The van der Waals surface area contributed by atoms with Gasteiger partial charge in [-0.2, -0.15) is 0 Å². The second-order valence-electron chi connectivity index (χ2n) is 17.6. The average molecular weight is 706 g/mol. The van der Waals surface area contributed by atoms with Crippen LogP contribution in [0.4, 0.5) is 4.79 Å². The van der Waals surface area contributed by atoms with E-state index in [1.165, 1.54) is 11.0 Å². The monoisotopic (exact) mass is 705 g/mol. The van der Waals surface area contributed by atoms with Gasteiger partial charge in [0.05, 0.1) is 22.1 Å². The molecule has 276 valence electrons. The first-order valence-corrected chi connectivity index (χ1v) is 19.5. The molecule has 3 aliphatic carbocycles. The summed E-state index contributed by atoms with van der Waals surface area (Å²) < 4.78 is 25.6. The number of likely N-dealkylation sites (tertiary alicyclic amines) is 1. The molecule has 5 amide bonds. The normalized spacial score (nSPS) is 25.6. The fraction of sp³-hybridized carbons (Fsp3) is 0.806. The predicted molar refractivity (Wildman–Crippen MR) is 188 cm³/mol. The molecule has 13 heteroatoms. The Hall–Kier alpha value is -2.96. The van der Waals surface area contributed by atoms with Crippen LogP contribution in [0.1, 0.15) is 107 Å². The van der Waals surface area contributed by atoms with Crippen molar-refractivity contribution in [1.82, 2.24) is 26.2 Å². The van der Waals surface area contributed by atoms with E-state index >= 15 is 0 Å². The van der Waals surface area contributed by atoms with E-state index in [9.17, 15) is 32.4 Å². The molecule has 12 nitrogen and oxygen atoms in total. The summed E-state index contributed by atoms with van der Waals surface area (Å²) in [5.74, 6) is -2.44. The van der Waals surface area contributed by atoms with E-state index in [1.54, 1.807) is 20.8 Å². The molecule has 0 radical (unpaired) electrons. The maximum atomic E-state index is 14.5. The molecule has 0 aromatic carbocycles. The van der Waals surface area contributed by atoms with Gasteiger partial charge in [0.1, 0.15) is 12.1 Å². The van der Waals surface area contributed by atoms with Crippen LogP contribution in [0.3, 0.4) is 0 Å². The van der Waals surface area contributed by atoms with Crippen LogP contribution in [-0.4, -0.2) is 90.1 Å². The molecule has 0 bridgehead atoms. The Bertz CT molecular complexity index is 1430. The molecule has 4 fully saturated rings. The predicted octanol–water partition coefficient (Wildman–Crippen LogP) is 3.26. The Morgan fingerprint density at radius 2 is 1.57 bits per heavy atom. The number of sulfone groups is 1. The van der Waals surface area contributed by atoms with Crippen molar-refractivity contribution in [2.75, 3.05) is 18.8 Å². The molecule has 4 rings (SSSR count). The highest BCUT2D eigenvalue weighted by Crippen LogP contribution is 2.65. The highest BCUT2D eigenvalue weighted by molar-refractivity contribution is 7.92. The van der Waals surface area contributed by atoms with Gasteiger partial charge in [0.15, 0.2) is 9.84 Å². The number of piperidine rings is 1. The van der Waals surface area contributed by atoms with Crippen LogP contribution < -0.4 is 21.3 Å². The quantitative estimate of drug-likeness (QED) is 0.168. The van der Waals surface area contributed by atoms with Gasteiger partial charge >= 0.3 is 6.03 Å². The lowest BCUT2D eigenvalue weighted by atomic mass is 9.83. The van der Waals surface area contributed by atoms with Gasteiger partial charge in [-0.15, -0.1) is 6.58 Å². The van der Waals surface area contributed by atoms with Crippen LogP contribution in [0.2, 0.25) is 0 Å². The third-order valence-corrected chi connectivity index (χ3v) is 14.1. The zero-order valence-corrected chi connectivity index (χ0v) is 31.6. The number of rotatable bonds is 13. The van der Waals surface area contributed by atoms with E-state index < -0.39 is 73.2 Å². The lowest BCUT2D eigenvalue weighted by molar-refractivity contribution is -0.145. The highest BCUT2D eigenvalue weighted by Gasteiger charge is 2.70. The summed E-state index contributed by atoms with van der Waals surface area (Å²) in [6.45, 7) is 18.6. The zero-order chi connectivity index (χ0) is 36.7. The summed E-state index contributed by atoms with van der Waals surface area (Å²) in [4.78, 5) is 69.6. The van der Waals surface area contributed by atoms with Crippen LogP contribution in [0.25, 0.3) is 0 Å². The minimum absolute atomic E-state index is 0.0585. The summed E-state index contributed by atoms with van der Waals surface area (Å²) in [6.07, 6.45) is 7.21. The van der Waals surface area contributed by atoms with Gasteiger partial charge in [0.2, 0.25) is 17.6 Å². The van der Waals surface area contributed by atoms with Crippen LogP contribution in [0.15, 0.2) is 12.7 Å². The van der Waals surface area contributed by atoms with Crippen molar-refractivity contribution in [3.63, 3.8) is 0 Å². The van der Waals surface area contributed by atoms with Gasteiger partial charge in [-0.3, -0.25) is 19.2 Å². The Labute approximate surface area is 292 Å². The molecular formula is C36H59N5O7S. The van der Waals surface area contributed by atoms with E-state index in [-0.39, 0.29) is 35.5 Å². The largest absolute Gasteiger partial charge is 0.346 e. The van der Waals surface area contributed by atoms with E-state index in [2.05, 4.69) is 41.7 Å². The number of hydrogen-bond donors (Lipinski definition) is 4. The van der Waals surface area contributed by atoms with Gasteiger partial charge < -0.3 is 26.2 Å². The van der Waals surface area contributed by atoms with E-state index in [0.717, 1.165) is 32.1 Å². The standard InChI is InChI=1S/C36H59N5O7S/c1-10-18-37-30(44)27(42)24(19-22-14-15-22)38-29(43)26-25-23(35(25,8)9)20-41(26)31(45)28(33(2,3)4)39-32(46)40-36(16-12-11-13-17-36)21-49(47,48)34(5,6)7/h10,22-26,28H,1,11-21H2,2-9H3,(H,37,44)(H,38,43)(H2,39,40,46)/t23?,24?,25?,26-,28+/m0/s1. The Morgan fingerprint density at radius 3 is 2.10 bits per heavy atom. The van der Waals surface area contributed by atoms with Gasteiger partial charge in [0, 0.05) is 13.1 Å². The molecule has 4 N–H and O–H groups in total. The van der Waals surface area contributed by atoms with Crippen molar-refractivity contribution < 1.29 is 32.4 Å². The number of amides is 5. The molecule has 1 aliphatic heterocycles. The smallest absolute Gasteiger partial charge is 0.315 e. The minimum atomic E-state index is -3.56. The number of ketones is 1. The first-order valence-electron chi connectivity index (χ1n) is 17.9. The maximum Gasteiger partial charge on any atom is 0.315 e. The number of fused-ring (bicyclic) bond motifs is 1. The fourth-order valence-corrected chi connectivity index (χ4v) is 9.26. The molecule has 5 atom stereocenters. The van der Waals surface area contributed by atoms with Gasteiger partial charge in [-0.1, -0.05) is 72.8 Å². The third-order valence-electron chi connectivity index (χ3n) is 11.3. The van der Waals surface area contributed by atoms with Crippen molar-refractivity contribution in [3.8, 4) is 0 Å². The molecular weight excluding hydrogens is 646 g/mol. The molecule has 0 aromatic rings. The van der Waals surface area contributed by atoms with Gasteiger partial charge in [-0.05, 0) is 68.6 Å². The second kappa shape index (κ2) is 14.0. The molecule has 3 unspecified atom stereocenters. The average Bonchev–Trinajstić information content (AvgIpc) is 3.84. The number of urea groups is 1. The number of carbonyl (C=O) groups excluding carboxylic acids is 5. The van der Waals surface area contributed by atoms with Crippen molar-refractivity contribution in [2.24, 2.45) is 28.6 Å². The molecule has 3 saturated carbocycles. The first kappa shape index (κ1) is 38.8. The number of carbonyl (C=O) groups is 5. The topological polar surface area (TPSA) is 171 Å².